The summed E-state index contributed by atoms with van der Waals surface area (Å²) in [4.78, 5) is 18.9. The Morgan fingerprint density at radius 3 is 3.00 bits per heavy atom. The van der Waals surface area contributed by atoms with E-state index in [1.807, 2.05) is 17.3 Å². The predicted molar refractivity (Wildman–Crippen MR) is 104 cm³/mol. The molecule has 1 unspecified atom stereocenters. The first-order valence-corrected chi connectivity index (χ1v) is 9.53. The summed E-state index contributed by atoms with van der Waals surface area (Å²) in [6.45, 7) is 3.51. The molecule has 1 aromatic heterocycles. The maximum absolute atomic E-state index is 12.6. The number of aromatic nitrogens is 2. The van der Waals surface area contributed by atoms with E-state index in [-0.39, 0.29) is 17.8 Å². The Labute approximate surface area is 158 Å². The highest BCUT2D eigenvalue weighted by molar-refractivity contribution is 6.27. The number of rotatable bonds is 4. The second kappa shape index (κ2) is 7.12. The third-order valence-electron chi connectivity index (χ3n) is 5.44. The highest BCUT2D eigenvalue weighted by Gasteiger charge is 2.28. The van der Waals surface area contributed by atoms with Gasteiger partial charge in [0, 0.05) is 31.9 Å². The normalized spacial score (nSPS) is 16.5. The van der Waals surface area contributed by atoms with Gasteiger partial charge in [0.05, 0.1) is 6.04 Å². The third kappa shape index (κ3) is 3.10. The molecule has 2 aromatic carbocycles. The smallest absolute Gasteiger partial charge is 0.238 e. The van der Waals surface area contributed by atoms with Gasteiger partial charge in [-0.25, -0.2) is 4.98 Å². The van der Waals surface area contributed by atoms with Gasteiger partial charge in [-0.1, -0.05) is 36.4 Å². The summed E-state index contributed by atoms with van der Waals surface area (Å²) >= 11 is 5.94. The first kappa shape index (κ1) is 17.1. The summed E-state index contributed by atoms with van der Waals surface area (Å²) in [6, 6.07) is 12.8. The Morgan fingerprint density at radius 1 is 1.31 bits per heavy atom. The van der Waals surface area contributed by atoms with Crippen molar-refractivity contribution in [2.45, 2.75) is 38.9 Å². The van der Waals surface area contributed by atoms with Crippen LogP contribution in [0.15, 0.2) is 48.8 Å². The van der Waals surface area contributed by atoms with Crippen LogP contribution in [0, 0.1) is 6.92 Å². The van der Waals surface area contributed by atoms with Crippen LogP contribution in [0.25, 0.3) is 10.8 Å². The lowest BCUT2D eigenvalue weighted by Crippen LogP contribution is -2.45. The molecule has 2 heterocycles. The summed E-state index contributed by atoms with van der Waals surface area (Å²) in [5, 5.41) is 2.47. The lowest BCUT2D eigenvalue weighted by atomic mass is 9.98. The quantitative estimate of drug-likeness (QED) is 0.655. The fourth-order valence-electron chi connectivity index (χ4n) is 3.93. The molecule has 0 saturated carbocycles. The zero-order valence-electron chi connectivity index (χ0n) is 14.9. The summed E-state index contributed by atoms with van der Waals surface area (Å²) in [5.74, 6) is 1.11. The molecule has 26 heavy (non-hydrogen) atoms. The van der Waals surface area contributed by atoms with Crippen molar-refractivity contribution in [2.24, 2.45) is 0 Å². The number of carbonyl (C=O) groups is 1. The summed E-state index contributed by atoms with van der Waals surface area (Å²) in [6.07, 6.45) is 5.64. The molecule has 0 bridgehead atoms. The van der Waals surface area contributed by atoms with Crippen LogP contribution in [0.2, 0.25) is 0 Å². The largest absolute Gasteiger partial charge is 0.333 e. The zero-order valence-corrected chi connectivity index (χ0v) is 15.6. The monoisotopic (exact) mass is 367 g/mol. The van der Waals surface area contributed by atoms with Crippen LogP contribution >= 0.6 is 11.6 Å². The fourth-order valence-corrected chi connectivity index (χ4v) is 4.08. The first-order chi connectivity index (χ1) is 12.7. The molecule has 5 heteroatoms. The van der Waals surface area contributed by atoms with Crippen molar-refractivity contribution in [3.05, 3.63) is 65.7 Å². The molecule has 1 aliphatic rings. The molecule has 4 rings (SSSR count). The van der Waals surface area contributed by atoms with Gasteiger partial charge in [0.15, 0.2) is 0 Å². The topological polar surface area (TPSA) is 38.1 Å². The minimum atomic E-state index is -0.00668. The van der Waals surface area contributed by atoms with Crippen molar-refractivity contribution in [1.29, 1.82) is 0 Å². The Bertz CT molecular complexity index is 949. The lowest BCUT2D eigenvalue weighted by molar-refractivity contribution is -0.132. The van der Waals surface area contributed by atoms with E-state index in [9.17, 15) is 4.79 Å². The highest BCUT2D eigenvalue weighted by atomic mass is 35.5. The summed E-state index contributed by atoms with van der Waals surface area (Å²) < 4.78 is 2.15. The number of alkyl halides is 1. The van der Waals surface area contributed by atoms with Gasteiger partial charge >= 0.3 is 0 Å². The molecule has 0 aliphatic carbocycles. The van der Waals surface area contributed by atoms with Gasteiger partial charge in [0.25, 0.3) is 0 Å². The van der Waals surface area contributed by atoms with E-state index in [2.05, 4.69) is 52.9 Å². The van der Waals surface area contributed by atoms with Gasteiger partial charge in [0.2, 0.25) is 5.91 Å². The van der Waals surface area contributed by atoms with Crippen LogP contribution in [-0.4, -0.2) is 32.3 Å². The molecular formula is C21H22ClN3O. The predicted octanol–water partition coefficient (Wildman–Crippen LogP) is 3.93. The highest BCUT2D eigenvalue weighted by Crippen LogP contribution is 2.26. The molecular weight excluding hydrogens is 346 g/mol. The van der Waals surface area contributed by atoms with E-state index in [0.29, 0.717) is 6.54 Å². The van der Waals surface area contributed by atoms with Crippen LogP contribution in [0.5, 0.6) is 0 Å². The molecule has 1 atom stereocenters. The third-order valence-corrected chi connectivity index (χ3v) is 5.67. The van der Waals surface area contributed by atoms with Crippen LogP contribution in [0.1, 0.15) is 23.4 Å². The second-order valence-electron chi connectivity index (χ2n) is 6.91. The molecule has 0 radical (unpaired) electrons. The average Bonchev–Trinajstić information content (AvgIpc) is 3.15. The number of hydrogen-bond donors (Lipinski definition) is 0. The van der Waals surface area contributed by atoms with Gasteiger partial charge in [-0.15, -0.1) is 11.6 Å². The van der Waals surface area contributed by atoms with Crippen molar-refractivity contribution in [1.82, 2.24) is 14.5 Å². The minimum absolute atomic E-state index is 0.00668. The Kier molecular flexibility index (Phi) is 4.68. The van der Waals surface area contributed by atoms with Crippen molar-refractivity contribution in [3.63, 3.8) is 0 Å². The van der Waals surface area contributed by atoms with E-state index >= 15 is 0 Å². The molecule has 1 amide bonds. The standard InChI is InChI=1S/C21H22ClN3O/c1-15-17(7-6-16-4-2-3-5-19(15)16)13-25(21(26)12-22)18-8-9-20-23-10-11-24(20)14-18/h2-7,10-11,18H,8-9,12-14H2,1H3. The first-order valence-electron chi connectivity index (χ1n) is 9.00. The molecule has 4 nitrogen and oxygen atoms in total. The number of nitrogens with zero attached hydrogens (tertiary/aromatic N) is 3. The average molecular weight is 368 g/mol. The van der Waals surface area contributed by atoms with Gasteiger partial charge in [0.1, 0.15) is 11.7 Å². The number of aryl methyl sites for hydroxylation is 2. The summed E-state index contributed by atoms with van der Waals surface area (Å²) in [5.41, 5.74) is 2.41. The maximum atomic E-state index is 12.6. The molecule has 0 fully saturated rings. The molecule has 134 valence electrons. The van der Waals surface area contributed by atoms with Crippen molar-refractivity contribution >= 4 is 28.3 Å². The summed E-state index contributed by atoms with van der Waals surface area (Å²) in [7, 11) is 0. The molecule has 0 saturated heterocycles. The Hall–Kier alpha value is -2.33. The zero-order chi connectivity index (χ0) is 18.1. The van der Waals surface area contributed by atoms with Crippen molar-refractivity contribution in [2.75, 3.05) is 5.88 Å². The second-order valence-corrected chi connectivity index (χ2v) is 7.18. The van der Waals surface area contributed by atoms with E-state index in [1.165, 1.54) is 21.9 Å². The number of amides is 1. The van der Waals surface area contributed by atoms with Crippen LogP contribution in [0.4, 0.5) is 0 Å². The fraction of sp³-hybridized carbons (Fsp3) is 0.333. The van der Waals surface area contributed by atoms with Crippen LogP contribution in [-0.2, 0) is 24.3 Å². The number of carbonyl (C=O) groups excluding carboxylic acids is 1. The van der Waals surface area contributed by atoms with Gasteiger partial charge in [-0.05, 0) is 35.2 Å². The minimum Gasteiger partial charge on any atom is -0.333 e. The van der Waals surface area contributed by atoms with E-state index in [0.717, 1.165) is 25.2 Å². The van der Waals surface area contributed by atoms with Gasteiger partial charge < -0.3 is 9.47 Å². The van der Waals surface area contributed by atoms with Crippen LogP contribution < -0.4 is 0 Å². The van der Waals surface area contributed by atoms with E-state index < -0.39 is 0 Å². The van der Waals surface area contributed by atoms with E-state index in [1.54, 1.807) is 0 Å². The number of hydrogen-bond acceptors (Lipinski definition) is 2. The van der Waals surface area contributed by atoms with Crippen molar-refractivity contribution < 1.29 is 4.79 Å². The van der Waals surface area contributed by atoms with Gasteiger partial charge in [-0.2, -0.15) is 0 Å². The van der Waals surface area contributed by atoms with Crippen LogP contribution in [0.3, 0.4) is 0 Å². The molecule has 1 aliphatic heterocycles. The number of halogens is 1. The SMILES string of the molecule is Cc1c(CN(C(=O)CCl)C2CCc3nccn3C2)ccc2ccccc12. The Balaban J connectivity index is 1.64. The number of fused-ring (bicyclic) bond motifs is 2. The maximum Gasteiger partial charge on any atom is 0.238 e. The number of imidazole rings is 1. The molecule has 0 N–H and O–H groups in total. The number of benzene rings is 2. The van der Waals surface area contributed by atoms with Crippen molar-refractivity contribution in [3.8, 4) is 0 Å². The molecule has 0 spiro atoms. The Morgan fingerprint density at radius 2 is 2.15 bits per heavy atom. The lowest BCUT2D eigenvalue weighted by Gasteiger charge is -2.35. The van der Waals surface area contributed by atoms with Gasteiger partial charge in [-0.3, -0.25) is 4.79 Å². The van der Waals surface area contributed by atoms with E-state index in [4.69, 9.17) is 11.6 Å². The molecule has 3 aromatic rings.